The minimum absolute atomic E-state index is 0.136. The molecule has 80 valence electrons. The molecule has 1 aromatic rings. The molecule has 0 saturated carbocycles. The molecular formula is C12H14ClNO. The van der Waals surface area contributed by atoms with Crippen molar-refractivity contribution in [3.05, 3.63) is 29.8 Å². The predicted molar refractivity (Wildman–Crippen MR) is 62.5 cm³/mol. The monoisotopic (exact) mass is 223 g/mol. The molecule has 1 aliphatic rings. The molecule has 1 aliphatic heterocycles. The van der Waals surface area contributed by atoms with E-state index < -0.39 is 0 Å². The molecule has 0 aromatic heterocycles. The van der Waals surface area contributed by atoms with Crippen molar-refractivity contribution in [2.24, 2.45) is 0 Å². The van der Waals surface area contributed by atoms with Gasteiger partial charge in [-0.2, -0.15) is 0 Å². The fraction of sp³-hybridized carbons (Fsp3) is 0.417. The van der Waals surface area contributed by atoms with Gasteiger partial charge < -0.3 is 4.90 Å². The van der Waals surface area contributed by atoms with Crippen LogP contribution >= 0.6 is 11.6 Å². The summed E-state index contributed by atoms with van der Waals surface area (Å²) in [5.41, 5.74) is 2.34. The zero-order valence-electron chi connectivity index (χ0n) is 8.58. The summed E-state index contributed by atoms with van der Waals surface area (Å²) in [7, 11) is 0. The number of carbonyl (C=O) groups excluding carboxylic acids is 1. The normalized spacial score (nSPS) is 14.9. The highest BCUT2D eigenvalue weighted by Crippen LogP contribution is 2.27. The van der Waals surface area contributed by atoms with E-state index in [1.54, 1.807) is 0 Å². The molecule has 2 nitrogen and oxygen atoms in total. The number of nitrogens with zero attached hydrogens (tertiary/aromatic N) is 1. The van der Waals surface area contributed by atoms with Gasteiger partial charge in [0.1, 0.15) is 0 Å². The van der Waals surface area contributed by atoms with E-state index in [0.717, 1.165) is 25.1 Å². The highest BCUT2D eigenvalue weighted by Gasteiger charge is 2.20. The first kappa shape index (κ1) is 10.5. The Balaban J connectivity index is 2.25. The summed E-state index contributed by atoms with van der Waals surface area (Å²) in [5, 5.41) is 0. The number of halogens is 1. The highest BCUT2D eigenvalue weighted by atomic mass is 35.5. The Morgan fingerprint density at radius 1 is 1.40 bits per heavy atom. The predicted octanol–water partition coefficient (Wildman–Crippen LogP) is 2.59. The first-order valence-electron chi connectivity index (χ1n) is 5.27. The maximum atomic E-state index is 11.8. The van der Waals surface area contributed by atoms with Crippen molar-refractivity contribution in [3.8, 4) is 0 Å². The van der Waals surface area contributed by atoms with E-state index in [9.17, 15) is 4.79 Å². The van der Waals surface area contributed by atoms with Crippen LogP contribution in [0.1, 0.15) is 18.4 Å². The summed E-state index contributed by atoms with van der Waals surface area (Å²) in [4.78, 5) is 13.7. The summed E-state index contributed by atoms with van der Waals surface area (Å²) >= 11 is 5.60. The number of alkyl halides is 1. The number of para-hydroxylation sites is 1. The van der Waals surface area contributed by atoms with Crippen molar-refractivity contribution in [2.45, 2.75) is 19.3 Å². The van der Waals surface area contributed by atoms with E-state index in [2.05, 4.69) is 6.07 Å². The van der Waals surface area contributed by atoms with Gasteiger partial charge in [0, 0.05) is 24.5 Å². The van der Waals surface area contributed by atoms with Gasteiger partial charge in [-0.25, -0.2) is 0 Å². The third-order valence-corrected chi connectivity index (χ3v) is 2.91. The Morgan fingerprint density at radius 2 is 2.20 bits per heavy atom. The van der Waals surface area contributed by atoms with Gasteiger partial charge in [0.15, 0.2) is 0 Å². The van der Waals surface area contributed by atoms with E-state index in [1.807, 2.05) is 23.1 Å². The topological polar surface area (TPSA) is 20.3 Å². The van der Waals surface area contributed by atoms with Crippen LogP contribution in [0.15, 0.2) is 24.3 Å². The minimum Gasteiger partial charge on any atom is -0.312 e. The number of anilines is 1. The molecule has 0 fully saturated rings. The fourth-order valence-corrected chi connectivity index (χ4v) is 2.17. The molecule has 0 radical (unpaired) electrons. The van der Waals surface area contributed by atoms with E-state index in [0.29, 0.717) is 12.3 Å². The van der Waals surface area contributed by atoms with Crippen LogP contribution in [0.25, 0.3) is 0 Å². The van der Waals surface area contributed by atoms with Gasteiger partial charge in [0.25, 0.3) is 0 Å². The molecule has 1 heterocycles. The fourth-order valence-electron chi connectivity index (χ4n) is 2.01. The molecule has 0 saturated heterocycles. The lowest BCUT2D eigenvalue weighted by Gasteiger charge is -2.29. The molecule has 0 N–H and O–H groups in total. The number of rotatable bonds is 2. The van der Waals surface area contributed by atoms with Crippen LogP contribution in [0, 0.1) is 0 Å². The lowest BCUT2D eigenvalue weighted by Crippen LogP contribution is -2.35. The van der Waals surface area contributed by atoms with Crippen LogP contribution in [0.3, 0.4) is 0 Å². The molecule has 2 rings (SSSR count). The second-order valence-corrected chi connectivity index (χ2v) is 4.09. The highest BCUT2D eigenvalue weighted by molar-refractivity contribution is 6.19. The van der Waals surface area contributed by atoms with Crippen molar-refractivity contribution in [2.75, 3.05) is 17.3 Å². The number of amides is 1. The van der Waals surface area contributed by atoms with E-state index in [-0.39, 0.29) is 5.91 Å². The van der Waals surface area contributed by atoms with Crippen LogP contribution in [-0.4, -0.2) is 18.3 Å². The van der Waals surface area contributed by atoms with Crippen LogP contribution in [-0.2, 0) is 11.2 Å². The Morgan fingerprint density at radius 3 is 3.00 bits per heavy atom. The maximum absolute atomic E-state index is 11.8. The molecule has 1 aromatic carbocycles. The van der Waals surface area contributed by atoms with E-state index in [4.69, 9.17) is 11.6 Å². The summed E-state index contributed by atoms with van der Waals surface area (Å²) in [6, 6.07) is 8.11. The summed E-state index contributed by atoms with van der Waals surface area (Å²) in [5.74, 6) is 0.537. The lowest BCUT2D eigenvalue weighted by atomic mass is 10.0. The van der Waals surface area contributed by atoms with Gasteiger partial charge in [-0.3, -0.25) is 4.79 Å². The zero-order chi connectivity index (χ0) is 10.7. The lowest BCUT2D eigenvalue weighted by molar-refractivity contribution is -0.118. The Hall–Kier alpha value is -1.02. The van der Waals surface area contributed by atoms with Crippen molar-refractivity contribution < 1.29 is 4.79 Å². The molecule has 0 atom stereocenters. The maximum Gasteiger partial charge on any atom is 0.228 e. The van der Waals surface area contributed by atoms with Gasteiger partial charge in [-0.1, -0.05) is 18.2 Å². The average Bonchev–Trinajstić information content (AvgIpc) is 2.28. The van der Waals surface area contributed by atoms with Gasteiger partial charge >= 0.3 is 0 Å². The van der Waals surface area contributed by atoms with Gasteiger partial charge in [0.2, 0.25) is 5.91 Å². The molecule has 15 heavy (non-hydrogen) atoms. The molecule has 0 bridgehead atoms. The summed E-state index contributed by atoms with van der Waals surface area (Å²) < 4.78 is 0. The van der Waals surface area contributed by atoms with Crippen LogP contribution in [0.4, 0.5) is 5.69 Å². The van der Waals surface area contributed by atoms with Crippen molar-refractivity contribution in [1.29, 1.82) is 0 Å². The zero-order valence-corrected chi connectivity index (χ0v) is 9.33. The van der Waals surface area contributed by atoms with Crippen molar-refractivity contribution in [3.63, 3.8) is 0 Å². The van der Waals surface area contributed by atoms with E-state index >= 15 is 0 Å². The van der Waals surface area contributed by atoms with Crippen LogP contribution < -0.4 is 4.90 Å². The SMILES string of the molecule is O=C(CCCl)N1CCCc2ccccc21. The van der Waals surface area contributed by atoms with Crippen molar-refractivity contribution >= 4 is 23.2 Å². The summed E-state index contributed by atoms with van der Waals surface area (Å²) in [6.45, 7) is 0.826. The number of aryl methyl sites for hydroxylation is 1. The third kappa shape index (κ3) is 2.15. The van der Waals surface area contributed by atoms with Gasteiger partial charge in [0.05, 0.1) is 0 Å². The van der Waals surface area contributed by atoms with E-state index in [1.165, 1.54) is 5.56 Å². The van der Waals surface area contributed by atoms with Gasteiger partial charge in [-0.15, -0.1) is 11.6 Å². The standard InChI is InChI=1S/C12H14ClNO/c13-8-7-12(15)14-9-3-5-10-4-1-2-6-11(10)14/h1-2,4,6H,3,5,7-9H2. The average molecular weight is 224 g/mol. The number of hydrogen-bond acceptors (Lipinski definition) is 1. The number of fused-ring (bicyclic) bond motifs is 1. The Labute approximate surface area is 94.8 Å². The number of hydrogen-bond donors (Lipinski definition) is 0. The second-order valence-electron chi connectivity index (χ2n) is 3.72. The largest absolute Gasteiger partial charge is 0.312 e. The molecule has 1 amide bonds. The number of benzene rings is 1. The van der Waals surface area contributed by atoms with Crippen molar-refractivity contribution in [1.82, 2.24) is 0 Å². The first-order valence-corrected chi connectivity index (χ1v) is 5.80. The molecular weight excluding hydrogens is 210 g/mol. The van der Waals surface area contributed by atoms with Gasteiger partial charge in [-0.05, 0) is 24.5 Å². The quantitative estimate of drug-likeness (QED) is 0.706. The molecule has 0 unspecified atom stereocenters. The number of carbonyl (C=O) groups is 1. The third-order valence-electron chi connectivity index (χ3n) is 2.72. The molecule has 0 aliphatic carbocycles. The second kappa shape index (κ2) is 4.67. The molecule has 3 heteroatoms. The van der Waals surface area contributed by atoms with Crippen LogP contribution in [0.5, 0.6) is 0 Å². The first-order chi connectivity index (χ1) is 7.33. The summed E-state index contributed by atoms with van der Waals surface area (Å²) in [6.07, 6.45) is 2.54. The molecule has 0 spiro atoms. The smallest absolute Gasteiger partial charge is 0.228 e. The minimum atomic E-state index is 0.136. The Bertz CT molecular complexity index is 364. The Kier molecular flexibility index (Phi) is 3.27. The van der Waals surface area contributed by atoms with Crippen LogP contribution in [0.2, 0.25) is 0 Å².